The van der Waals surface area contributed by atoms with E-state index in [4.69, 9.17) is 4.74 Å². The second-order valence-corrected chi connectivity index (χ2v) is 4.82. The Morgan fingerprint density at radius 2 is 2.00 bits per heavy atom. The zero-order chi connectivity index (χ0) is 11.8. The van der Waals surface area contributed by atoms with E-state index in [0.29, 0.717) is 13.0 Å². The molecule has 1 fully saturated rings. The second-order valence-electron chi connectivity index (χ2n) is 4.82. The first-order chi connectivity index (χ1) is 8.25. The molecular weight excluding hydrogens is 216 g/mol. The maximum Gasteiger partial charge on any atom is 0.309 e. The number of aryl methyl sites for hydroxylation is 1. The number of esters is 1. The molecule has 88 valence electrons. The van der Waals surface area contributed by atoms with Gasteiger partial charge in [0.05, 0.1) is 12.5 Å². The Kier molecular flexibility index (Phi) is 2.46. The molecule has 0 saturated carbocycles. The number of benzene rings is 1. The fourth-order valence-corrected chi connectivity index (χ4v) is 2.80. The van der Waals surface area contributed by atoms with Gasteiger partial charge in [0, 0.05) is 17.9 Å². The monoisotopic (exact) mass is 230 g/mol. The SMILES string of the molecule is O=C1C[C@@H]2C(=O)OC[C@@H]2CCc2ccccc21. The van der Waals surface area contributed by atoms with E-state index in [2.05, 4.69) is 0 Å². The number of hydrogen-bond acceptors (Lipinski definition) is 3. The second kappa shape index (κ2) is 3.99. The van der Waals surface area contributed by atoms with Crippen LogP contribution in [-0.2, 0) is 16.0 Å². The number of hydrogen-bond donors (Lipinski definition) is 0. The van der Waals surface area contributed by atoms with Gasteiger partial charge in [-0.3, -0.25) is 9.59 Å². The molecule has 0 spiro atoms. The number of ketones is 1. The van der Waals surface area contributed by atoms with Crippen molar-refractivity contribution in [3.8, 4) is 0 Å². The van der Waals surface area contributed by atoms with Crippen molar-refractivity contribution >= 4 is 11.8 Å². The highest BCUT2D eigenvalue weighted by Crippen LogP contribution is 2.33. The lowest BCUT2D eigenvalue weighted by Crippen LogP contribution is -2.23. The number of carbonyl (C=O) groups is 2. The molecule has 2 aliphatic rings. The quantitative estimate of drug-likeness (QED) is 0.640. The summed E-state index contributed by atoms with van der Waals surface area (Å²) < 4.78 is 5.07. The van der Waals surface area contributed by atoms with Crippen molar-refractivity contribution < 1.29 is 14.3 Å². The zero-order valence-electron chi connectivity index (χ0n) is 9.52. The molecule has 2 atom stereocenters. The average Bonchev–Trinajstić information content (AvgIpc) is 2.66. The van der Waals surface area contributed by atoms with Crippen molar-refractivity contribution in [2.24, 2.45) is 11.8 Å². The lowest BCUT2D eigenvalue weighted by Gasteiger charge is -2.19. The van der Waals surface area contributed by atoms with E-state index < -0.39 is 0 Å². The maximum absolute atomic E-state index is 12.1. The van der Waals surface area contributed by atoms with Crippen LogP contribution in [0, 0.1) is 11.8 Å². The molecule has 17 heavy (non-hydrogen) atoms. The molecule has 3 heteroatoms. The highest BCUT2D eigenvalue weighted by molar-refractivity contribution is 5.99. The summed E-state index contributed by atoms with van der Waals surface area (Å²) in [4.78, 5) is 23.7. The molecule has 0 bridgehead atoms. The van der Waals surface area contributed by atoms with Crippen LogP contribution in [0.15, 0.2) is 24.3 Å². The maximum atomic E-state index is 12.1. The normalized spacial score (nSPS) is 27.8. The zero-order valence-corrected chi connectivity index (χ0v) is 9.52. The Balaban J connectivity index is 1.96. The van der Waals surface area contributed by atoms with Gasteiger partial charge in [-0.05, 0) is 18.4 Å². The summed E-state index contributed by atoms with van der Waals surface area (Å²) in [5, 5.41) is 0. The summed E-state index contributed by atoms with van der Waals surface area (Å²) in [5.74, 6) is -0.104. The first-order valence-corrected chi connectivity index (χ1v) is 6.03. The Hall–Kier alpha value is -1.64. The van der Waals surface area contributed by atoms with E-state index >= 15 is 0 Å². The van der Waals surface area contributed by atoms with E-state index in [0.717, 1.165) is 24.0 Å². The summed E-state index contributed by atoms with van der Waals surface area (Å²) in [5.41, 5.74) is 1.89. The first-order valence-electron chi connectivity index (χ1n) is 6.03. The number of fused-ring (bicyclic) bond motifs is 2. The minimum Gasteiger partial charge on any atom is -0.465 e. The van der Waals surface area contributed by atoms with Gasteiger partial charge in [-0.15, -0.1) is 0 Å². The van der Waals surface area contributed by atoms with E-state index in [1.165, 1.54) is 0 Å². The van der Waals surface area contributed by atoms with Crippen LogP contribution >= 0.6 is 0 Å². The third-order valence-electron chi connectivity index (χ3n) is 3.82. The number of ether oxygens (including phenoxy) is 1. The molecule has 1 aromatic carbocycles. The van der Waals surface area contributed by atoms with E-state index in [1.54, 1.807) is 0 Å². The van der Waals surface area contributed by atoms with E-state index in [-0.39, 0.29) is 23.6 Å². The van der Waals surface area contributed by atoms with Gasteiger partial charge in [0.2, 0.25) is 0 Å². The Bertz CT molecular complexity index is 478. The molecule has 0 amide bonds. The Morgan fingerprint density at radius 1 is 1.18 bits per heavy atom. The number of cyclic esters (lactones) is 1. The van der Waals surface area contributed by atoms with Crippen LogP contribution in [-0.4, -0.2) is 18.4 Å². The lowest BCUT2D eigenvalue weighted by molar-refractivity contribution is -0.141. The predicted molar refractivity (Wildman–Crippen MR) is 61.6 cm³/mol. The minimum atomic E-state index is -0.212. The van der Waals surface area contributed by atoms with Gasteiger partial charge in [-0.25, -0.2) is 0 Å². The first kappa shape index (κ1) is 10.5. The van der Waals surface area contributed by atoms with Crippen LogP contribution in [0.5, 0.6) is 0 Å². The molecule has 0 N–H and O–H groups in total. The third kappa shape index (κ3) is 1.75. The minimum absolute atomic E-state index is 0.0779. The van der Waals surface area contributed by atoms with Crippen molar-refractivity contribution in [3.63, 3.8) is 0 Å². The van der Waals surface area contributed by atoms with E-state index in [9.17, 15) is 9.59 Å². The molecule has 3 nitrogen and oxygen atoms in total. The number of rotatable bonds is 0. The van der Waals surface area contributed by atoms with Gasteiger partial charge in [-0.2, -0.15) is 0 Å². The summed E-state index contributed by atoms with van der Waals surface area (Å²) in [7, 11) is 0. The van der Waals surface area contributed by atoms with Gasteiger partial charge in [-0.1, -0.05) is 24.3 Å². The fraction of sp³-hybridized carbons (Fsp3) is 0.429. The van der Waals surface area contributed by atoms with Crippen molar-refractivity contribution in [1.82, 2.24) is 0 Å². The van der Waals surface area contributed by atoms with Gasteiger partial charge >= 0.3 is 5.97 Å². The van der Waals surface area contributed by atoms with Crippen molar-refractivity contribution in [2.75, 3.05) is 6.61 Å². The molecule has 0 unspecified atom stereocenters. The highest BCUT2D eigenvalue weighted by atomic mass is 16.5. The highest BCUT2D eigenvalue weighted by Gasteiger charge is 2.39. The smallest absolute Gasteiger partial charge is 0.309 e. The number of carbonyl (C=O) groups excluding carboxylic acids is 2. The Morgan fingerprint density at radius 3 is 2.88 bits per heavy atom. The Labute approximate surface area is 99.8 Å². The largest absolute Gasteiger partial charge is 0.465 e. The lowest BCUT2D eigenvalue weighted by atomic mass is 9.81. The molecule has 0 aromatic heterocycles. The summed E-state index contributed by atoms with van der Waals surface area (Å²) in [6, 6.07) is 7.70. The van der Waals surface area contributed by atoms with Gasteiger partial charge in [0.1, 0.15) is 0 Å². The molecule has 1 aliphatic heterocycles. The van der Waals surface area contributed by atoms with Gasteiger partial charge in [0.25, 0.3) is 0 Å². The van der Waals surface area contributed by atoms with Gasteiger partial charge in [0.15, 0.2) is 5.78 Å². The van der Waals surface area contributed by atoms with Crippen molar-refractivity contribution in [2.45, 2.75) is 19.3 Å². The summed E-state index contributed by atoms with van der Waals surface area (Å²) in [6.07, 6.45) is 2.10. The van der Waals surface area contributed by atoms with Crippen LogP contribution in [0.3, 0.4) is 0 Å². The molecule has 1 heterocycles. The third-order valence-corrected chi connectivity index (χ3v) is 3.82. The van der Waals surface area contributed by atoms with Gasteiger partial charge < -0.3 is 4.74 Å². The fourth-order valence-electron chi connectivity index (χ4n) is 2.80. The van der Waals surface area contributed by atoms with E-state index in [1.807, 2.05) is 24.3 Å². The topological polar surface area (TPSA) is 43.4 Å². The van der Waals surface area contributed by atoms with Crippen LogP contribution in [0.1, 0.15) is 28.8 Å². The van der Waals surface area contributed by atoms with Crippen LogP contribution in [0.4, 0.5) is 0 Å². The molecule has 1 saturated heterocycles. The molecule has 1 aromatic rings. The van der Waals surface area contributed by atoms with Crippen LogP contribution in [0.25, 0.3) is 0 Å². The molecule has 0 radical (unpaired) electrons. The standard InChI is InChI=1S/C14H14O3/c15-13-7-12-10(8-17-14(12)16)6-5-9-3-1-2-4-11(9)13/h1-4,10,12H,5-8H2/t10-,12-/m0/s1. The molecular formula is C14H14O3. The summed E-state index contributed by atoms with van der Waals surface area (Å²) >= 11 is 0. The average molecular weight is 230 g/mol. The van der Waals surface area contributed by atoms with Crippen LogP contribution in [0.2, 0.25) is 0 Å². The van der Waals surface area contributed by atoms with Crippen molar-refractivity contribution in [3.05, 3.63) is 35.4 Å². The van der Waals surface area contributed by atoms with Crippen molar-refractivity contribution in [1.29, 1.82) is 0 Å². The molecule has 1 aliphatic carbocycles. The number of Topliss-reactive ketones (excluding diaryl/α,β-unsaturated/α-hetero) is 1. The molecule has 3 rings (SSSR count). The van der Waals surface area contributed by atoms with Crippen LogP contribution < -0.4 is 0 Å². The summed E-state index contributed by atoms with van der Waals surface area (Å²) in [6.45, 7) is 0.485. The predicted octanol–water partition coefficient (Wildman–Crippen LogP) is 1.99.